The van der Waals surface area contributed by atoms with E-state index in [4.69, 9.17) is 10.2 Å². The number of carboxylic acid groups (broad SMARTS) is 2. The van der Waals surface area contributed by atoms with Gasteiger partial charge in [-0.1, -0.05) is 13.0 Å². The zero-order valence-corrected chi connectivity index (χ0v) is 20.3. The van der Waals surface area contributed by atoms with Crippen LogP contribution in [0.15, 0.2) is 36.4 Å². The standard InChI is InChI=1S/C20H29F3N4O.C4H4O4/c1-2-19(28)27-14-10-25(11-15-27)7-6-24-8-12-26(13-9-24)18-5-3-4-17(16-18)20(21,22)23;5-3(6)1-2-4(7)8/h3-5,16H,2,6-15H2,1H3;1-2H,(H,5,6)(H,7,8). The van der Waals surface area contributed by atoms with Crippen LogP contribution in [0.2, 0.25) is 0 Å². The van der Waals surface area contributed by atoms with Crippen LogP contribution < -0.4 is 4.90 Å². The van der Waals surface area contributed by atoms with Gasteiger partial charge in [-0.2, -0.15) is 13.2 Å². The highest BCUT2D eigenvalue weighted by atomic mass is 19.4. The van der Waals surface area contributed by atoms with Crippen LogP contribution in [0.1, 0.15) is 18.9 Å². The van der Waals surface area contributed by atoms with Gasteiger partial charge in [-0.15, -0.1) is 0 Å². The summed E-state index contributed by atoms with van der Waals surface area (Å²) in [5.41, 5.74) is 0.0549. The quantitative estimate of drug-likeness (QED) is 0.534. The second-order valence-electron chi connectivity index (χ2n) is 8.46. The second-order valence-corrected chi connectivity index (χ2v) is 8.46. The Balaban J connectivity index is 0.000000493. The van der Waals surface area contributed by atoms with Crippen molar-refractivity contribution in [3.8, 4) is 0 Å². The number of nitrogens with zero attached hydrogens (tertiary/aromatic N) is 4. The minimum Gasteiger partial charge on any atom is -0.478 e. The summed E-state index contributed by atoms with van der Waals surface area (Å²) in [6, 6.07) is 5.59. The van der Waals surface area contributed by atoms with E-state index in [1.165, 1.54) is 12.1 Å². The van der Waals surface area contributed by atoms with Crippen LogP contribution in [0, 0.1) is 0 Å². The lowest BCUT2D eigenvalue weighted by Crippen LogP contribution is -2.52. The average Bonchev–Trinajstić information content (AvgIpc) is 2.86. The predicted octanol–water partition coefficient (Wildman–Crippen LogP) is 2.09. The smallest absolute Gasteiger partial charge is 0.416 e. The summed E-state index contributed by atoms with van der Waals surface area (Å²) in [5, 5.41) is 15.6. The predicted molar refractivity (Wildman–Crippen MR) is 128 cm³/mol. The summed E-state index contributed by atoms with van der Waals surface area (Å²) in [7, 11) is 0. The first-order chi connectivity index (χ1) is 17.0. The third-order valence-electron chi connectivity index (χ3n) is 6.04. The van der Waals surface area contributed by atoms with Crippen molar-refractivity contribution in [1.82, 2.24) is 14.7 Å². The largest absolute Gasteiger partial charge is 0.478 e. The summed E-state index contributed by atoms with van der Waals surface area (Å²) in [5.74, 6) is -2.29. The molecule has 9 nitrogen and oxygen atoms in total. The molecule has 0 saturated carbocycles. The lowest BCUT2D eigenvalue weighted by atomic mass is 10.1. The number of rotatable bonds is 7. The molecule has 2 aliphatic heterocycles. The second kappa shape index (κ2) is 13.8. The van der Waals surface area contributed by atoms with Crippen molar-refractivity contribution in [2.45, 2.75) is 19.5 Å². The Morgan fingerprint density at radius 2 is 1.36 bits per heavy atom. The number of hydrogen-bond acceptors (Lipinski definition) is 6. The molecule has 36 heavy (non-hydrogen) atoms. The molecule has 0 aromatic heterocycles. The summed E-state index contributed by atoms with van der Waals surface area (Å²) >= 11 is 0. The number of halogens is 3. The van der Waals surface area contributed by atoms with Crippen LogP contribution >= 0.6 is 0 Å². The van der Waals surface area contributed by atoms with E-state index in [-0.39, 0.29) is 5.91 Å². The number of hydrogen-bond donors (Lipinski definition) is 2. The molecule has 1 aromatic rings. The van der Waals surface area contributed by atoms with Gasteiger partial charge in [0, 0.05) is 89.7 Å². The van der Waals surface area contributed by atoms with E-state index >= 15 is 0 Å². The van der Waals surface area contributed by atoms with E-state index in [0.29, 0.717) is 24.3 Å². The summed E-state index contributed by atoms with van der Waals surface area (Å²) in [6.45, 7) is 10.4. The van der Waals surface area contributed by atoms with E-state index in [2.05, 4.69) is 9.80 Å². The molecule has 12 heteroatoms. The molecule has 3 rings (SSSR count). The fourth-order valence-electron chi connectivity index (χ4n) is 3.98. The van der Waals surface area contributed by atoms with Gasteiger partial charge in [0.25, 0.3) is 0 Å². The normalized spacial score (nSPS) is 17.6. The molecule has 0 radical (unpaired) electrons. The van der Waals surface area contributed by atoms with Gasteiger partial charge in [0.1, 0.15) is 0 Å². The highest BCUT2D eigenvalue weighted by Gasteiger charge is 2.31. The number of aliphatic carboxylic acids is 2. The first-order valence-electron chi connectivity index (χ1n) is 11.8. The van der Waals surface area contributed by atoms with Crippen molar-refractivity contribution in [2.75, 3.05) is 70.3 Å². The SMILES string of the molecule is CCC(=O)N1CCN(CCN2CCN(c3cccc(C(F)(F)F)c3)CC2)CC1.O=C(O)C=CC(=O)O. The molecule has 2 heterocycles. The highest BCUT2D eigenvalue weighted by molar-refractivity contribution is 5.89. The van der Waals surface area contributed by atoms with Gasteiger partial charge in [0.2, 0.25) is 5.91 Å². The lowest BCUT2D eigenvalue weighted by Gasteiger charge is -2.39. The maximum atomic E-state index is 12.9. The van der Waals surface area contributed by atoms with Crippen LogP contribution in [-0.4, -0.2) is 108 Å². The molecule has 2 aliphatic rings. The molecule has 2 N–H and O–H groups in total. The monoisotopic (exact) mass is 514 g/mol. The van der Waals surface area contributed by atoms with Gasteiger partial charge in [-0.25, -0.2) is 9.59 Å². The Hall–Kier alpha value is -3.12. The molecule has 1 amide bonds. The first kappa shape index (κ1) is 29.1. The molecule has 2 saturated heterocycles. The number of benzene rings is 1. The number of anilines is 1. The molecule has 2 fully saturated rings. The fraction of sp³-hybridized carbons (Fsp3) is 0.542. The topological polar surface area (TPSA) is 105 Å². The minimum absolute atomic E-state index is 0.227. The summed E-state index contributed by atoms with van der Waals surface area (Å²) in [4.78, 5) is 39.6. The zero-order valence-electron chi connectivity index (χ0n) is 20.3. The number of amides is 1. The lowest BCUT2D eigenvalue weighted by molar-refractivity contribution is -0.137. The van der Waals surface area contributed by atoms with Crippen LogP contribution in [0.4, 0.5) is 18.9 Å². The van der Waals surface area contributed by atoms with E-state index < -0.39 is 23.7 Å². The van der Waals surface area contributed by atoms with Crippen molar-refractivity contribution in [2.24, 2.45) is 0 Å². The molecular formula is C24H33F3N4O5. The Kier molecular flexibility index (Phi) is 11.2. The maximum absolute atomic E-state index is 12.9. The van der Waals surface area contributed by atoms with Gasteiger partial charge in [0.05, 0.1) is 5.56 Å². The molecule has 200 valence electrons. The van der Waals surface area contributed by atoms with Crippen molar-refractivity contribution in [3.63, 3.8) is 0 Å². The Bertz CT molecular complexity index is 893. The fourth-order valence-corrected chi connectivity index (χ4v) is 3.98. The third-order valence-corrected chi connectivity index (χ3v) is 6.04. The summed E-state index contributed by atoms with van der Waals surface area (Å²) in [6.07, 6.45) is -2.62. The van der Waals surface area contributed by atoms with Gasteiger partial charge in [-0.3, -0.25) is 14.6 Å². The Morgan fingerprint density at radius 3 is 1.81 bits per heavy atom. The molecule has 0 aliphatic carbocycles. The van der Waals surface area contributed by atoms with Crippen molar-refractivity contribution in [3.05, 3.63) is 42.0 Å². The van der Waals surface area contributed by atoms with E-state index in [1.807, 2.05) is 16.7 Å². The Labute approximate surface area is 208 Å². The average molecular weight is 515 g/mol. The summed E-state index contributed by atoms with van der Waals surface area (Å²) < 4.78 is 38.7. The van der Waals surface area contributed by atoms with Gasteiger partial charge >= 0.3 is 18.1 Å². The Morgan fingerprint density at radius 1 is 0.861 bits per heavy atom. The molecule has 0 bridgehead atoms. The van der Waals surface area contributed by atoms with E-state index in [0.717, 1.165) is 71.5 Å². The van der Waals surface area contributed by atoms with Gasteiger partial charge in [0.15, 0.2) is 0 Å². The molecule has 0 unspecified atom stereocenters. The maximum Gasteiger partial charge on any atom is 0.416 e. The number of carboxylic acids is 2. The number of alkyl halides is 3. The van der Waals surface area contributed by atoms with E-state index in [1.54, 1.807) is 6.07 Å². The first-order valence-corrected chi connectivity index (χ1v) is 11.8. The van der Waals surface area contributed by atoms with Crippen molar-refractivity contribution >= 4 is 23.5 Å². The van der Waals surface area contributed by atoms with E-state index in [9.17, 15) is 27.6 Å². The van der Waals surface area contributed by atoms with Crippen molar-refractivity contribution in [1.29, 1.82) is 0 Å². The van der Waals surface area contributed by atoms with Gasteiger partial charge in [-0.05, 0) is 18.2 Å². The van der Waals surface area contributed by atoms with Crippen LogP contribution in [-0.2, 0) is 20.6 Å². The zero-order chi connectivity index (χ0) is 26.7. The van der Waals surface area contributed by atoms with Crippen LogP contribution in [0.25, 0.3) is 0 Å². The number of piperazine rings is 2. The van der Waals surface area contributed by atoms with Gasteiger partial charge < -0.3 is 20.0 Å². The molecule has 0 spiro atoms. The highest BCUT2D eigenvalue weighted by Crippen LogP contribution is 2.31. The molecular weight excluding hydrogens is 481 g/mol. The number of carbonyl (C=O) groups is 3. The van der Waals surface area contributed by atoms with Crippen LogP contribution in [0.3, 0.4) is 0 Å². The minimum atomic E-state index is -4.30. The molecule has 1 aromatic carbocycles. The van der Waals surface area contributed by atoms with Crippen molar-refractivity contribution < 1.29 is 37.8 Å². The van der Waals surface area contributed by atoms with Crippen LogP contribution in [0.5, 0.6) is 0 Å². The third kappa shape index (κ3) is 9.86. The number of carbonyl (C=O) groups excluding carboxylic acids is 1. The molecule has 0 atom stereocenters.